The number of ether oxygens (including phenoxy) is 2. The Bertz CT molecular complexity index is 809. The number of halogens is 2. The van der Waals surface area contributed by atoms with Crippen LogP contribution in [0, 0.1) is 6.92 Å². The van der Waals surface area contributed by atoms with Gasteiger partial charge in [0.05, 0.1) is 19.9 Å². The highest BCUT2D eigenvalue weighted by Gasteiger charge is 2.10. The monoisotopic (exact) mass is 424 g/mol. The van der Waals surface area contributed by atoms with E-state index in [1.165, 1.54) is 6.21 Å². The van der Waals surface area contributed by atoms with Gasteiger partial charge in [-0.1, -0.05) is 17.7 Å². The van der Waals surface area contributed by atoms with Crippen LogP contribution in [-0.4, -0.2) is 25.8 Å². The van der Waals surface area contributed by atoms with E-state index in [0.29, 0.717) is 28.7 Å². The highest BCUT2D eigenvalue weighted by atomic mass is 79.9. The van der Waals surface area contributed by atoms with Gasteiger partial charge in [-0.15, -0.1) is 0 Å². The molecule has 0 heterocycles. The van der Waals surface area contributed by atoms with Crippen molar-refractivity contribution < 1.29 is 14.3 Å². The molecule has 0 aliphatic carbocycles. The van der Waals surface area contributed by atoms with Crippen LogP contribution in [0.1, 0.15) is 28.4 Å². The van der Waals surface area contributed by atoms with E-state index in [9.17, 15) is 4.79 Å². The van der Waals surface area contributed by atoms with Gasteiger partial charge in [0.2, 0.25) is 0 Å². The van der Waals surface area contributed by atoms with Gasteiger partial charge < -0.3 is 9.47 Å². The molecule has 0 saturated heterocycles. The maximum absolute atomic E-state index is 12.1. The lowest BCUT2D eigenvalue weighted by atomic mass is 10.1. The second kappa shape index (κ2) is 8.87. The third kappa shape index (κ3) is 4.96. The van der Waals surface area contributed by atoms with E-state index < -0.39 is 0 Å². The van der Waals surface area contributed by atoms with Gasteiger partial charge in [-0.3, -0.25) is 4.79 Å². The Kier molecular flexibility index (Phi) is 6.84. The summed E-state index contributed by atoms with van der Waals surface area (Å²) in [6, 6.07) is 8.66. The molecule has 0 aliphatic rings. The lowest BCUT2D eigenvalue weighted by molar-refractivity contribution is 0.0955. The molecule has 1 N–H and O–H groups in total. The van der Waals surface area contributed by atoms with Crippen molar-refractivity contribution in [1.29, 1.82) is 0 Å². The molecule has 0 fully saturated rings. The summed E-state index contributed by atoms with van der Waals surface area (Å²) in [5.41, 5.74) is 4.57. The smallest absolute Gasteiger partial charge is 0.271 e. The zero-order chi connectivity index (χ0) is 18.4. The number of hydrazone groups is 1. The van der Waals surface area contributed by atoms with Gasteiger partial charge in [0.25, 0.3) is 5.91 Å². The molecule has 0 atom stereocenters. The van der Waals surface area contributed by atoms with E-state index in [1.54, 1.807) is 37.4 Å². The van der Waals surface area contributed by atoms with Gasteiger partial charge in [-0.25, -0.2) is 5.43 Å². The molecule has 0 aromatic heterocycles. The number of amides is 1. The Balaban J connectivity index is 2.13. The summed E-state index contributed by atoms with van der Waals surface area (Å²) in [4.78, 5) is 12.1. The third-order valence-corrected chi connectivity index (χ3v) is 4.48. The van der Waals surface area contributed by atoms with Crippen molar-refractivity contribution in [3.05, 3.63) is 56.5 Å². The first kappa shape index (κ1) is 19.3. The SMILES string of the molecule is CCOc1cc(Br)c(/C=N\NC(=O)c2ccc(C)c(Cl)c2)cc1OC. The zero-order valence-electron chi connectivity index (χ0n) is 14.1. The molecular weight excluding hydrogens is 408 g/mol. The van der Waals surface area contributed by atoms with Gasteiger partial charge in [0.1, 0.15) is 0 Å². The topological polar surface area (TPSA) is 59.9 Å². The van der Waals surface area contributed by atoms with Crippen LogP contribution < -0.4 is 14.9 Å². The van der Waals surface area contributed by atoms with Gasteiger partial charge in [0.15, 0.2) is 11.5 Å². The number of hydrogen-bond donors (Lipinski definition) is 1. The fraction of sp³-hybridized carbons (Fsp3) is 0.222. The van der Waals surface area contributed by atoms with Crippen molar-refractivity contribution >= 4 is 39.7 Å². The quantitative estimate of drug-likeness (QED) is 0.544. The molecule has 7 heteroatoms. The first-order valence-electron chi connectivity index (χ1n) is 7.56. The summed E-state index contributed by atoms with van der Waals surface area (Å²) in [6.45, 7) is 4.31. The average Bonchev–Trinajstić information content (AvgIpc) is 2.59. The van der Waals surface area contributed by atoms with Crippen LogP contribution in [0.4, 0.5) is 0 Å². The number of nitrogens with one attached hydrogen (secondary N) is 1. The molecule has 0 aliphatic heterocycles. The largest absolute Gasteiger partial charge is 0.493 e. The van der Waals surface area contributed by atoms with Gasteiger partial charge in [0, 0.05) is 20.6 Å². The van der Waals surface area contributed by atoms with Crippen molar-refractivity contribution in [2.24, 2.45) is 5.10 Å². The molecule has 5 nitrogen and oxygen atoms in total. The minimum absolute atomic E-state index is 0.341. The summed E-state index contributed by atoms with van der Waals surface area (Å²) in [6.07, 6.45) is 1.52. The Morgan fingerprint density at radius 3 is 2.72 bits per heavy atom. The molecule has 2 aromatic rings. The molecule has 0 spiro atoms. The lowest BCUT2D eigenvalue weighted by Gasteiger charge is -2.11. The molecule has 0 saturated carbocycles. The summed E-state index contributed by atoms with van der Waals surface area (Å²) in [5.74, 6) is 0.877. The van der Waals surface area contributed by atoms with E-state index in [-0.39, 0.29) is 5.91 Å². The fourth-order valence-electron chi connectivity index (χ4n) is 2.04. The van der Waals surface area contributed by atoms with Crippen LogP contribution in [0.2, 0.25) is 5.02 Å². The molecule has 2 rings (SSSR count). The molecule has 1 amide bonds. The van der Waals surface area contributed by atoms with E-state index in [1.807, 2.05) is 13.8 Å². The zero-order valence-corrected chi connectivity index (χ0v) is 16.4. The van der Waals surface area contributed by atoms with Crippen molar-refractivity contribution in [2.45, 2.75) is 13.8 Å². The van der Waals surface area contributed by atoms with Gasteiger partial charge >= 0.3 is 0 Å². The van der Waals surface area contributed by atoms with Gasteiger partial charge in [-0.05, 0) is 59.6 Å². The van der Waals surface area contributed by atoms with Crippen LogP contribution in [0.15, 0.2) is 39.9 Å². The van der Waals surface area contributed by atoms with Crippen molar-refractivity contribution in [3.8, 4) is 11.5 Å². The average molecular weight is 426 g/mol. The summed E-state index contributed by atoms with van der Waals surface area (Å²) < 4.78 is 11.6. The van der Waals surface area contributed by atoms with Crippen molar-refractivity contribution in [3.63, 3.8) is 0 Å². The maximum atomic E-state index is 12.1. The Morgan fingerprint density at radius 2 is 2.08 bits per heavy atom. The van der Waals surface area contributed by atoms with Crippen molar-refractivity contribution in [2.75, 3.05) is 13.7 Å². The van der Waals surface area contributed by atoms with Crippen LogP contribution in [0.25, 0.3) is 0 Å². The predicted molar refractivity (Wildman–Crippen MR) is 103 cm³/mol. The molecule has 132 valence electrons. The van der Waals surface area contributed by atoms with E-state index in [2.05, 4.69) is 26.5 Å². The van der Waals surface area contributed by atoms with Crippen LogP contribution in [0.3, 0.4) is 0 Å². The van der Waals surface area contributed by atoms with E-state index in [0.717, 1.165) is 15.6 Å². The molecule has 25 heavy (non-hydrogen) atoms. The van der Waals surface area contributed by atoms with Crippen LogP contribution in [0.5, 0.6) is 11.5 Å². The Morgan fingerprint density at radius 1 is 1.32 bits per heavy atom. The lowest BCUT2D eigenvalue weighted by Crippen LogP contribution is -2.17. The Hall–Kier alpha value is -2.05. The number of nitrogens with zero attached hydrogens (tertiary/aromatic N) is 1. The number of rotatable bonds is 6. The highest BCUT2D eigenvalue weighted by Crippen LogP contribution is 2.32. The van der Waals surface area contributed by atoms with E-state index in [4.69, 9.17) is 21.1 Å². The number of benzene rings is 2. The minimum Gasteiger partial charge on any atom is -0.493 e. The second-order valence-electron chi connectivity index (χ2n) is 5.12. The summed E-state index contributed by atoms with van der Waals surface area (Å²) >= 11 is 9.49. The molecular formula is C18H18BrClN2O3. The standard InChI is InChI=1S/C18H18BrClN2O3/c1-4-25-17-9-14(19)13(8-16(17)24-3)10-21-22-18(23)12-6-5-11(2)15(20)7-12/h5-10H,4H2,1-3H3,(H,22,23)/b21-10-. The van der Waals surface area contributed by atoms with Crippen molar-refractivity contribution in [1.82, 2.24) is 5.43 Å². The second-order valence-corrected chi connectivity index (χ2v) is 6.38. The maximum Gasteiger partial charge on any atom is 0.271 e. The number of methoxy groups -OCH3 is 1. The van der Waals surface area contributed by atoms with Crippen LogP contribution in [-0.2, 0) is 0 Å². The minimum atomic E-state index is -0.341. The first-order chi connectivity index (χ1) is 12.0. The third-order valence-electron chi connectivity index (χ3n) is 3.39. The predicted octanol–water partition coefficient (Wildman–Crippen LogP) is 4.58. The fourth-order valence-corrected chi connectivity index (χ4v) is 2.64. The molecule has 2 aromatic carbocycles. The molecule has 0 bridgehead atoms. The molecule has 0 unspecified atom stereocenters. The summed E-state index contributed by atoms with van der Waals surface area (Å²) in [5, 5.41) is 4.53. The molecule has 0 radical (unpaired) electrons. The highest BCUT2D eigenvalue weighted by molar-refractivity contribution is 9.10. The van der Waals surface area contributed by atoms with Gasteiger partial charge in [-0.2, -0.15) is 5.10 Å². The number of aryl methyl sites for hydroxylation is 1. The number of carbonyl (C=O) groups excluding carboxylic acids is 1. The number of hydrogen-bond acceptors (Lipinski definition) is 4. The number of carbonyl (C=O) groups is 1. The first-order valence-corrected chi connectivity index (χ1v) is 8.73. The summed E-state index contributed by atoms with van der Waals surface area (Å²) in [7, 11) is 1.57. The van der Waals surface area contributed by atoms with Crippen LogP contribution >= 0.6 is 27.5 Å². The normalized spacial score (nSPS) is 10.8. The van der Waals surface area contributed by atoms with E-state index >= 15 is 0 Å². The Labute approximate surface area is 160 Å².